The number of carboxylic acid groups (broad SMARTS) is 1. The van der Waals surface area contributed by atoms with Gasteiger partial charge in [-0.05, 0) is 0 Å². The maximum atomic E-state index is 10.3. The maximum absolute atomic E-state index is 10.3. The molecule has 0 amide bonds. The Labute approximate surface area is 88.3 Å². The molecule has 5 nitrogen and oxygen atoms in total. The van der Waals surface area contributed by atoms with Gasteiger partial charge < -0.3 is 19.5 Å². The van der Waals surface area contributed by atoms with Gasteiger partial charge in [0.15, 0.2) is 5.79 Å². The molecule has 2 heterocycles. The number of aliphatic carboxylic acids is 1. The molecule has 0 atom stereocenters. The zero-order chi connectivity index (χ0) is 10.7. The van der Waals surface area contributed by atoms with Crippen LogP contribution in [0.25, 0.3) is 0 Å². The molecule has 15 heavy (non-hydrogen) atoms. The number of nitrogens with zero attached hydrogens (tertiary/aromatic N) is 1. The SMILES string of the molecule is O=C(O)/C=C/N1CCC2(CC1)OCCO2. The molecule has 2 fully saturated rings. The van der Waals surface area contributed by atoms with Gasteiger partial charge in [-0.15, -0.1) is 0 Å². The van der Waals surface area contributed by atoms with Crippen LogP contribution < -0.4 is 0 Å². The minimum Gasteiger partial charge on any atom is -0.478 e. The number of rotatable bonds is 2. The molecule has 0 aliphatic carbocycles. The topological polar surface area (TPSA) is 59.0 Å². The van der Waals surface area contributed by atoms with Crippen LogP contribution >= 0.6 is 0 Å². The van der Waals surface area contributed by atoms with Crippen molar-refractivity contribution >= 4 is 5.97 Å². The Morgan fingerprint density at radius 3 is 2.40 bits per heavy atom. The van der Waals surface area contributed by atoms with Crippen LogP contribution in [0.2, 0.25) is 0 Å². The van der Waals surface area contributed by atoms with Crippen molar-refractivity contribution in [2.45, 2.75) is 18.6 Å². The Morgan fingerprint density at radius 1 is 1.27 bits per heavy atom. The number of hydrogen-bond acceptors (Lipinski definition) is 4. The molecule has 2 aliphatic rings. The van der Waals surface area contributed by atoms with Crippen LogP contribution in [0, 0.1) is 0 Å². The Balaban J connectivity index is 1.84. The molecule has 5 heteroatoms. The van der Waals surface area contributed by atoms with Gasteiger partial charge in [0.2, 0.25) is 0 Å². The summed E-state index contributed by atoms with van der Waals surface area (Å²) in [6.45, 7) is 2.91. The van der Waals surface area contributed by atoms with Crippen molar-refractivity contribution in [1.29, 1.82) is 0 Å². The van der Waals surface area contributed by atoms with E-state index in [4.69, 9.17) is 14.6 Å². The van der Waals surface area contributed by atoms with E-state index in [-0.39, 0.29) is 5.79 Å². The highest BCUT2D eigenvalue weighted by Crippen LogP contribution is 2.31. The van der Waals surface area contributed by atoms with Gasteiger partial charge in [0.1, 0.15) is 0 Å². The Morgan fingerprint density at radius 2 is 1.87 bits per heavy atom. The average molecular weight is 213 g/mol. The third kappa shape index (κ3) is 2.49. The average Bonchev–Trinajstić information content (AvgIpc) is 2.66. The van der Waals surface area contributed by atoms with Gasteiger partial charge in [-0.3, -0.25) is 0 Å². The lowest BCUT2D eigenvalue weighted by atomic mass is 10.0. The lowest BCUT2D eigenvalue weighted by molar-refractivity contribution is -0.181. The second-order valence-electron chi connectivity index (χ2n) is 3.80. The van der Waals surface area contributed by atoms with Crippen LogP contribution in [0.3, 0.4) is 0 Å². The Bertz CT molecular complexity index is 261. The quantitative estimate of drug-likeness (QED) is 0.674. The molecule has 0 aromatic carbocycles. The van der Waals surface area contributed by atoms with Crippen LogP contribution in [0.1, 0.15) is 12.8 Å². The summed E-state index contributed by atoms with van der Waals surface area (Å²) >= 11 is 0. The normalized spacial score (nSPS) is 25.2. The minimum absolute atomic E-state index is 0.381. The van der Waals surface area contributed by atoms with Gasteiger partial charge in [0.25, 0.3) is 0 Å². The molecule has 0 unspecified atom stereocenters. The van der Waals surface area contributed by atoms with Crippen molar-refractivity contribution in [1.82, 2.24) is 4.90 Å². The van der Waals surface area contributed by atoms with E-state index in [9.17, 15) is 4.79 Å². The Kier molecular flexibility index (Phi) is 2.93. The molecule has 84 valence electrons. The Hall–Kier alpha value is -1.07. The third-order valence-electron chi connectivity index (χ3n) is 2.80. The van der Waals surface area contributed by atoms with E-state index < -0.39 is 5.97 Å². The fraction of sp³-hybridized carbons (Fsp3) is 0.700. The fourth-order valence-electron chi connectivity index (χ4n) is 1.97. The number of ether oxygens (including phenoxy) is 2. The lowest BCUT2D eigenvalue weighted by Gasteiger charge is -2.36. The molecular formula is C10H15NO4. The molecule has 0 bridgehead atoms. The van der Waals surface area contributed by atoms with Crippen molar-refractivity contribution in [3.05, 3.63) is 12.3 Å². The van der Waals surface area contributed by atoms with E-state index in [1.807, 2.05) is 4.90 Å². The molecule has 0 aromatic rings. The maximum Gasteiger partial charge on any atom is 0.329 e. The fourth-order valence-corrected chi connectivity index (χ4v) is 1.97. The van der Waals surface area contributed by atoms with Crippen molar-refractivity contribution < 1.29 is 19.4 Å². The molecule has 1 N–H and O–H groups in total. The van der Waals surface area contributed by atoms with E-state index in [0.717, 1.165) is 32.0 Å². The first-order chi connectivity index (χ1) is 7.20. The first-order valence-electron chi connectivity index (χ1n) is 5.13. The van der Waals surface area contributed by atoms with Gasteiger partial charge in [-0.25, -0.2) is 4.79 Å². The zero-order valence-electron chi connectivity index (χ0n) is 8.52. The van der Waals surface area contributed by atoms with Crippen molar-refractivity contribution in [3.8, 4) is 0 Å². The summed E-state index contributed by atoms with van der Waals surface area (Å²) in [6, 6.07) is 0. The lowest BCUT2D eigenvalue weighted by Crippen LogP contribution is -2.43. The summed E-state index contributed by atoms with van der Waals surface area (Å²) in [4.78, 5) is 12.3. The van der Waals surface area contributed by atoms with Gasteiger partial charge in [-0.1, -0.05) is 0 Å². The summed E-state index contributed by atoms with van der Waals surface area (Å²) in [7, 11) is 0. The summed E-state index contributed by atoms with van der Waals surface area (Å²) in [5, 5.41) is 8.49. The van der Waals surface area contributed by atoms with E-state index in [2.05, 4.69) is 0 Å². The molecule has 0 saturated carbocycles. The molecule has 0 radical (unpaired) electrons. The zero-order valence-corrected chi connectivity index (χ0v) is 8.52. The monoisotopic (exact) mass is 213 g/mol. The number of hydrogen-bond donors (Lipinski definition) is 1. The first-order valence-corrected chi connectivity index (χ1v) is 5.13. The highest BCUT2D eigenvalue weighted by Gasteiger charge is 2.39. The van der Waals surface area contributed by atoms with Crippen LogP contribution in [-0.4, -0.2) is 48.1 Å². The third-order valence-corrected chi connectivity index (χ3v) is 2.80. The van der Waals surface area contributed by atoms with E-state index in [0.29, 0.717) is 13.2 Å². The van der Waals surface area contributed by atoms with E-state index >= 15 is 0 Å². The molecular weight excluding hydrogens is 198 g/mol. The van der Waals surface area contributed by atoms with Crippen LogP contribution in [0.15, 0.2) is 12.3 Å². The van der Waals surface area contributed by atoms with Crippen molar-refractivity contribution in [2.24, 2.45) is 0 Å². The highest BCUT2D eigenvalue weighted by molar-refractivity contribution is 5.79. The smallest absolute Gasteiger partial charge is 0.329 e. The van der Waals surface area contributed by atoms with Gasteiger partial charge in [-0.2, -0.15) is 0 Å². The van der Waals surface area contributed by atoms with Crippen molar-refractivity contribution in [2.75, 3.05) is 26.3 Å². The largest absolute Gasteiger partial charge is 0.478 e. The van der Waals surface area contributed by atoms with Crippen molar-refractivity contribution in [3.63, 3.8) is 0 Å². The first kappa shape index (κ1) is 10.4. The van der Waals surface area contributed by atoms with Crippen LogP contribution in [-0.2, 0) is 14.3 Å². The van der Waals surface area contributed by atoms with Gasteiger partial charge >= 0.3 is 5.97 Å². The number of carbonyl (C=O) groups is 1. The van der Waals surface area contributed by atoms with E-state index in [1.54, 1.807) is 6.20 Å². The molecule has 2 saturated heterocycles. The summed E-state index contributed by atoms with van der Waals surface area (Å²) in [6.07, 6.45) is 4.38. The standard InChI is InChI=1S/C10H15NO4/c12-9(13)1-4-11-5-2-10(3-6-11)14-7-8-15-10/h1,4H,2-3,5-8H2,(H,12,13)/b4-1+. The second-order valence-corrected chi connectivity index (χ2v) is 3.80. The second kappa shape index (κ2) is 4.20. The summed E-state index contributed by atoms with van der Waals surface area (Å²) < 4.78 is 11.1. The molecule has 2 rings (SSSR count). The number of piperidine rings is 1. The molecule has 2 aliphatic heterocycles. The summed E-state index contributed by atoms with van der Waals surface area (Å²) in [5.41, 5.74) is 0. The van der Waals surface area contributed by atoms with E-state index in [1.165, 1.54) is 0 Å². The van der Waals surface area contributed by atoms with Gasteiger partial charge in [0, 0.05) is 38.2 Å². The molecule has 0 aromatic heterocycles. The predicted octanol–water partition coefficient (Wildman–Crippen LogP) is 0.424. The minimum atomic E-state index is -0.913. The van der Waals surface area contributed by atoms with Crippen LogP contribution in [0.5, 0.6) is 0 Å². The summed E-state index contributed by atoms with van der Waals surface area (Å²) in [5.74, 6) is -1.29. The number of likely N-dealkylation sites (tertiary alicyclic amines) is 1. The number of carboxylic acids is 1. The predicted molar refractivity (Wildman–Crippen MR) is 52.2 cm³/mol. The molecule has 1 spiro atoms. The van der Waals surface area contributed by atoms with Gasteiger partial charge in [0.05, 0.1) is 13.2 Å². The van der Waals surface area contributed by atoms with Crippen LogP contribution in [0.4, 0.5) is 0 Å². The highest BCUT2D eigenvalue weighted by atomic mass is 16.7.